The van der Waals surface area contributed by atoms with Crippen molar-refractivity contribution in [3.8, 4) is 0 Å². The Labute approximate surface area is 143 Å². The zero-order valence-electron chi connectivity index (χ0n) is 13.7. The van der Waals surface area contributed by atoms with E-state index in [0.29, 0.717) is 31.8 Å². The molecule has 1 fully saturated rings. The number of benzene rings is 1. The van der Waals surface area contributed by atoms with Crippen LogP contribution in [-0.2, 0) is 16.0 Å². The number of carbonyl (C=O) groups excluding carboxylic acids is 2. The Balaban J connectivity index is 2.09. The molecule has 1 aromatic carbocycles. The van der Waals surface area contributed by atoms with Gasteiger partial charge in [0.05, 0.1) is 6.42 Å². The summed E-state index contributed by atoms with van der Waals surface area (Å²) in [5.41, 5.74) is 4.79. The average Bonchev–Trinajstić information content (AvgIpc) is 2.52. The Morgan fingerprint density at radius 2 is 2.00 bits per heavy atom. The maximum absolute atomic E-state index is 13.8. The number of halogens is 3. The molecule has 0 spiro atoms. The molecule has 1 saturated heterocycles. The van der Waals surface area contributed by atoms with Gasteiger partial charge in [0.2, 0.25) is 5.91 Å². The van der Waals surface area contributed by atoms with Crippen molar-refractivity contribution in [2.75, 3.05) is 19.6 Å². The number of piperazine rings is 1. The Kier molecular flexibility index (Phi) is 6.24. The van der Waals surface area contributed by atoms with Crippen LogP contribution in [0.15, 0.2) is 12.1 Å². The third-order valence-corrected chi connectivity index (χ3v) is 3.94. The fourth-order valence-electron chi connectivity index (χ4n) is 2.77. The van der Waals surface area contributed by atoms with Gasteiger partial charge >= 0.3 is 6.09 Å². The molecule has 25 heavy (non-hydrogen) atoms. The van der Waals surface area contributed by atoms with Crippen LogP contribution in [0.2, 0.25) is 0 Å². The molecule has 0 radical (unpaired) electrons. The minimum Gasteiger partial charge on any atom is -0.445 e. The van der Waals surface area contributed by atoms with E-state index in [4.69, 9.17) is 10.5 Å². The quantitative estimate of drug-likeness (QED) is 0.777. The summed E-state index contributed by atoms with van der Waals surface area (Å²) < 4.78 is 45.0. The summed E-state index contributed by atoms with van der Waals surface area (Å²) in [7, 11) is 0. The monoisotopic (exact) mass is 359 g/mol. The third-order valence-electron chi connectivity index (χ3n) is 3.94. The van der Waals surface area contributed by atoms with E-state index < -0.39 is 29.6 Å². The standard InChI is InChI=1S/C16H20F3N3O3/c1-9-8-22(3-2-21-9)15(23)6-11(25-16(20)24)4-10-5-13(18)14(19)7-12(10)17/h5,7,9,11,21H,2-4,6,8H2,1H3,(H2,20,24)/t9-,11+/m0/s1. The van der Waals surface area contributed by atoms with Crippen molar-refractivity contribution < 1.29 is 27.5 Å². The first-order chi connectivity index (χ1) is 11.8. The Bertz CT molecular complexity index is 657. The number of amides is 2. The molecule has 1 aliphatic heterocycles. The maximum Gasteiger partial charge on any atom is 0.404 e. The zero-order valence-corrected chi connectivity index (χ0v) is 13.7. The first-order valence-corrected chi connectivity index (χ1v) is 7.87. The van der Waals surface area contributed by atoms with Gasteiger partial charge in [-0.15, -0.1) is 0 Å². The molecule has 9 heteroatoms. The van der Waals surface area contributed by atoms with E-state index in [1.807, 2.05) is 6.92 Å². The molecule has 0 bridgehead atoms. The predicted octanol–water partition coefficient (Wildman–Crippen LogP) is 1.32. The Morgan fingerprint density at radius 3 is 2.64 bits per heavy atom. The molecule has 3 N–H and O–H groups in total. The van der Waals surface area contributed by atoms with Crippen molar-refractivity contribution in [2.24, 2.45) is 5.73 Å². The highest BCUT2D eigenvalue weighted by atomic mass is 19.2. The van der Waals surface area contributed by atoms with Crippen LogP contribution in [0.3, 0.4) is 0 Å². The number of nitrogens with zero attached hydrogens (tertiary/aromatic N) is 1. The van der Waals surface area contributed by atoms with E-state index in [2.05, 4.69) is 5.32 Å². The maximum atomic E-state index is 13.8. The van der Waals surface area contributed by atoms with E-state index in [1.54, 1.807) is 4.90 Å². The van der Waals surface area contributed by atoms with Gasteiger partial charge in [0.15, 0.2) is 11.6 Å². The van der Waals surface area contributed by atoms with Gasteiger partial charge in [-0.25, -0.2) is 18.0 Å². The summed E-state index contributed by atoms with van der Waals surface area (Å²) in [5.74, 6) is -3.82. The van der Waals surface area contributed by atoms with Crippen LogP contribution in [-0.4, -0.2) is 48.7 Å². The van der Waals surface area contributed by atoms with Gasteiger partial charge in [-0.1, -0.05) is 0 Å². The summed E-state index contributed by atoms with van der Waals surface area (Å²) >= 11 is 0. The van der Waals surface area contributed by atoms with Gasteiger partial charge in [0.1, 0.15) is 11.9 Å². The molecule has 2 amide bonds. The van der Waals surface area contributed by atoms with Crippen molar-refractivity contribution in [1.29, 1.82) is 0 Å². The second-order valence-corrected chi connectivity index (χ2v) is 6.02. The van der Waals surface area contributed by atoms with Gasteiger partial charge in [-0.05, 0) is 18.6 Å². The molecular formula is C16H20F3N3O3. The molecule has 138 valence electrons. The number of hydrogen-bond acceptors (Lipinski definition) is 4. The topological polar surface area (TPSA) is 84.7 Å². The van der Waals surface area contributed by atoms with Crippen molar-refractivity contribution in [1.82, 2.24) is 10.2 Å². The average molecular weight is 359 g/mol. The van der Waals surface area contributed by atoms with Crippen LogP contribution in [0.25, 0.3) is 0 Å². The molecule has 0 aromatic heterocycles. The second kappa shape index (κ2) is 8.19. The summed E-state index contributed by atoms with van der Waals surface area (Å²) in [5, 5.41) is 3.19. The Hall–Kier alpha value is -2.29. The van der Waals surface area contributed by atoms with Crippen molar-refractivity contribution in [3.63, 3.8) is 0 Å². The van der Waals surface area contributed by atoms with Crippen LogP contribution < -0.4 is 11.1 Å². The Morgan fingerprint density at radius 1 is 1.32 bits per heavy atom. The van der Waals surface area contributed by atoms with Crippen LogP contribution in [0.1, 0.15) is 18.9 Å². The highest BCUT2D eigenvalue weighted by Crippen LogP contribution is 2.18. The van der Waals surface area contributed by atoms with Crippen LogP contribution in [0.4, 0.5) is 18.0 Å². The van der Waals surface area contributed by atoms with Crippen LogP contribution in [0, 0.1) is 17.5 Å². The van der Waals surface area contributed by atoms with E-state index in [0.717, 1.165) is 0 Å². The van der Waals surface area contributed by atoms with Crippen molar-refractivity contribution >= 4 is 12.0 Å². The van der Waals surface area contributed by atoms with Crippen molar-refractivity contribution in [2.45, 2.75) is 31.9 Å². The third kappa shape index (κ3) is 5.35. The lowest BCUT2D eigenvalue weighted by Crippen LogP contribution is -2.52. The number of primary amides is 1. The fraction of sp³-hybridized carbons (Fsp3) is 0.500. The summed E-state index contributed by atoms with van der Waals surface area (Å²) in [6, 6.07) is 1.21. The number of rotatable bonds is 5. The lowest BCUT2D eigenvalue weighted by atomic mass is 10.0. The predicted molar refractivity (Wildman–Crippen MR) is 83.1 cm³/mol. The smallest absolute Gasteiger partial charge is 0.404 e. The van der Waals surface area contributed by atoms with Gasteiger partial charge in [-0.2, -0.15) is 0 Å². The number of hydrogen-bond donors (Lipinski definition) is 2. The molecule has 6 nitrogen and oxygen atoms in total. The van der Waals surface area contributed by atoms with Gasteiger partial charge in [0, 0.05) is 38.2 Å². The summed E-state index contributed by atoms with van der Waals surface area (Å²) in [6.07, 6.45) is -2.72. The SMILES string of the molecule is C[C@H]1CN(C(=O)C[C@@H](Cc2cc(F)c(F)cc2F)OC(N)=O)CCN1. The summed E-state index contributed by atoms with van der Waals surface area (Å²) in [4.78, 5) is 25.0. The number of nitrogens with two attached hydrogens (primary N) is 1. The van der Waals surface area contributed by atoms with Crippen LogP contribution in [0.5, 0.6) is 0 Å². The van der Waals surface area contributed by atoms with Crippen molar-refractivity contribution in [3.05, 3.63) is 35.1 Å². The lowest BCUT2D eigenvalue weighted by Gasteiger charge is -2.32. The first-order valence-electron chi connectivity index (χ1n) is 7.87. The minimum atomic E-state index is -1.32. The number of carbonyl (C=O) groups is 2. The highest BCUT2D eigenvalue weighted by molar-refractivity contribution is 5.77. The normalized spacial score (nSPS) is 18.7. The molecule has 0 unspecified atom stereocenters. The van der Waals surface area contributed by atoms with E-state index >= 15 is 0 Å². The minimum absolute atomic E-state index is 0.122. The van der Waals surface area contributed by atoms with Gasteiger partial charge in [0.25, 0.3) is 0 Å². The van der Waals surface area contributed by atoms with Gasteiger partial charge in [-0.3, -0.25) is 4.79 Å². The molecule has 1 aromatic rings. The fourth-order valence-corrected chi connectivity index (χ4v) is 2.77. The van der Waals surface area contributed by atoms with Gasteiger partial charge < -0.3 is 20.7 Å². The second-order valence-electron chi connectivity index (χ2n) is 6.02. The molecule has 0 saturated carbocycles. The molecule has 0 aliphatic carbocycles. The molecule has 2 atom stereocenters. The van der Waals surface area contributed by atoms with E-state index in [1.165, 1.54) is 0 Å². The number of nitrogens with one attached hydrogen (secondary N) is 1. The first kappa shape index (κ1) is 19.0. The van der Waals surface area contributed by atoms with E-state index in [9.17, 15) is 22.8 Å². The lowest BCUT2D eigenvalue weighted by molar-refractivity contribution is -0.134. The van der Waals surface area contributed by atoms with Crippen LogP contribution >= 0.6 is 0 Å². The number of ether oxygens (including phenoxy) is 1. The summed E-state index contributed by atoms with van der Waals surface area (Å²) in [6.45, 7) is 3.53. The molecule has 1 heterocycles. The highest BCUT2D eigenvalue weighted by Gasteiger charge is 2.26. The zero-order chi connectivity index (χ0) is 18.6. The largest absolute Gasteiger partial charge is 0.445 e. The molecule has 1 aliphatic rings. The van der Waals surface area contributed by atoms with E-state index in [-0.39, 0.29) is 30.4 Å². The molecular weight excluding hydrogens is 339 g/mol. The molecule has 2 rings (SSSR count).